The fraction of sp³-hybridized carbons (Fsp3) is 0.857. The molecule has 0 aliphatic carbocycles. The molecule has 0 aromatic carbocycles. The summed E-state index contributed by atoms with van der Waals surface area (Å²) in [7, 11) is 0. The van der Waals surface area contributed by atoms with Crippen LogP contribution in [0.1, 0.15) is 27.7 Å². The first-order valence-electron chi connectivity index (χ1n) is 3.11. The molecule has 1 nitrogen and oxygen atoms in total. The van der Waals surface area contributed by atoms with Crippen LogP contribution in [-0.2, 0) is 4.74 Å². The molecule has 1 atom stereocenters. The van der Waals surface area contributed by atoms with Crippen molar-refractivity contribution in [3.05, 3.63) is 6.42 Å². The minimum Gasteiger partial charge on any atom is -0.376 e. The van der Waals surface area contributed by atoms with Crippen LogP contribution in [0, 0.1) is 6.42 Å². The molecule has 0 bridgehead atoms. The molecule has 0 heterocycles. The summed E-state index contributed by atoms with van der Waals surface area (Å²) in [6.07, 6.45) is 2.69. The van der Waals surface area contributed by atoms with Crippen molar-refractivity contribution >= 4 is 0 Å². The summed E-state index contributed by atoms with van der Waals surface area (Å²) in [4.78, 5) is 0. The normalized spacial score (nSPS) is 14.6. The average Bonchev–Trinajstić information content (AvgIpc) is 1.65. The number of rotatable bonds is 3. The quantitative estimate of drug-likeness (QED) is 0.546. The van der Waals surface area contributed by atoms with Crippen molar-refractivity contribution in [2.75, 3.05) is 0 Å². The van der Waals surface area contributed by atoms with E-state index < -0.39 is 0 Å². The van der Waals surface area contributed by atoms with Gasteiger partial charge in [-0.25, -0.2) is 0 Å². The van der Waals surface area contributed by atoms with Crippen LogP contribution in [0.15, 0.2) is 0 Å². The van der Waals surface area contributed by atoms with Crippen molar-refractivity contribution in [2.45, 2.75) is 39.9 Å². The maximum absolute atomic E-state index is 5.34. The lowest BCUT2D eigenvalue weighted by molar-refractivity contribution is 0.0375. The second-order valence-corrected chi connectivity index (χ2v) is 2.22. The van der Waals surface area contributed by atoms with E-state index in [1.54, 1.807) is 0 Å². The summed E-state index contributed by atoms with van der Waals surface area (Å²) < 4.78 is 5.34. The Morgan fingerprint density at radius 3 is 1.88 bits per heavy atom. The summed E-state index contributed by atoms with van der Waals surface area (Å²) in [6.45, 7) is 8.13. The number of hydrogen-bond donors (Lipinski definition) is 0. The molecular formula is C7H15O. The lowest BCUT2D eigenvalue weighted by Crippen LogP contribution is -2.12. The lowest BCUT2D eigenvalue weighted by Gasteiger charge is -2.12. The zero-order valence-electron chi connectivity index (χ0n) is 6.14. The van der Waals surface area contributed by atoms with Gasteiger partial charge in [-0.1, -0.05) is 6.92 Å². The Balaban J connectivity index is 3.10. The van der Waals surface area contributed by atoms with Gasteiger partial charge in [-0.2, -0.15) is 0 Å². The van der Waals surface area contributed by atoms with E-state index in [0.29, 0.717) is 12.2 Å². The van der Waals surface area contributed by atoms with Crippen LogP contribution in [0.25, 0.3) is 0 Å². The van der Waals surface area contributed by atoms with Crippen LogP contribution in [0.5, 0.6) is 0 Å². The molecule has 0 fully saturated rings. The Labute approximate surface area is 52.0 Å². The topological polar surface area (TPSA) is 9.23 Å². The van der Waals surface area contributed by atoms with E-state index in [9.17, 15) is 0 Å². The smallest absolute Gasteiger partial charge is 0.0579 e. The first-order valence-corrected chi connectivity index (χ1v) is 3.11. The zero-order chi connectivity index (χ0) is 6.57. The van der Waals surface area contributed by atoms with E-state index in [-0.39, 0.29) is 0 Å². The largest absolute Gasteiger partial charge is 0.376 e. The van der Waals surface area contributed by atoms with Crippen molar-refractivity contribution < 1.29 is 4.74 Å². The van der Waals surface area contributed by atoms with Crippen molar-refractivity contribution in [1.29, 1.82) is 0 Å². The third-order valence-corrected chi connectivity index (χ3v) is 0.956. The molecule has 0 spiro atoms. The van der Waals surface area contributed by atoms with Crippen LogP contribution in [0.3, 0.4) is 0 Å². The maximum atomic E-state index is 5.34. The fourth-order valence-corrected chi connectivity index (χ4v) is 0.508. The molecule has 0 aliphatic heterocycles. The first-order chi connectivity index (χ1) is 3.66. The molecule has 0 N–H and O–H groups in total. The van der Waals surface area contributed by atoms with Gasteiger partial charge in [0.15, 0.2) is 0 Å². The van der Waals surface area contributed by atoms with Gasteiger partial charge in [0.25, 0.3) is 0 Å². The van der Waals surface area contributed by atoms with E-state index in [0.717, 1.165) is 0 Å². The van der Waals surface area contributed by atoms with Crippen LogP contribution in [0.2, 0.25) is 0 Å². The van der Waals surface area contributed by atoms with Gasteiger partial charge in [0, 0.05) is 0 Å². The molecule has 0 saturated carbocycles. The van der Waals surface area contributed by atoms with Crippen molar-refractivity contribution in [1.82, 2.24) is 0 Å². The Kier molecular flexibility index (Phi) is 3.88. The van der Waals surface area contributed by atoms with Crippen LogP contribution in [0.4, 0.5) is 0 Å². The highest BCUT2D eigenvalue weighted by molar-refractivity contribution is 4.65. The minimum atomic E-state index is 0.301. The van der Waals surface area contributed by atoms with E-state index >= 15 is 0 Å². The van der Waals surface area contributed by atoms with Gasteiger partial charge < -0.3 is 4.74 Å². The molecule has 1 unspecified atom stereocenters. The Morgan fingerprint density at radius 2 is 1.75 bits per heavy atom. The SMILES string of the molecule is C[CH]C(C)OC(C)C. The molecule has 1 heteroatoms. The van der Waals surface area contributed by atoms with Crippen LogP contribution >= 0.6 is 0 Å². The van der Waals surface area contributed by atoms with Gasteiger partial charge in [0.1, 0.15) is 0 Å². The Hall–Kier alpha value is -0.0400. The molecule has 0 aromatic heterocycles. The highest BCUT2D eigenvalue weighted by Gasteiger charge is 1.99. The van der Waals surface area contributed by atoms with Crippen molar-refractivity contribution in [2.24, 2.45) is 0 Å². The Morgan fingerprint density at radius 1 is 1.25 bits per heavy atom. The minimum absolute atomic E-state index is 0.301. The summed E-state index contributed by atoms with van der Waals surface area (Å²) >= 11 is 0. The summed E-state index contributed by atoms with van der Waals surface area (Å²) in [6, 6.07) is 0. The van der Waals surface area contributed by atoms with Gasteiger partial charge in [0.2, 0.25) is 0 Å². The molecule has 0 saturated heterocycles. The van der Waals surface area contributed by atoms with Gasteiger partial charge in [-0.15, -0.1) is 0 Å². The predicted octanol–water partition coefficient (Wildman–Crippen LogP) is 2.02. The van der Waals surface area contributed by atoms with E-state index in [1.165, 1.54) is 0 Å². The molecule has 1 radical (unpaired) electrons. The second-order valence-electron chi connectivity index (χ2n) is 2.22. The highest BCUT2D eigenvalue weighted by atomic mass is 16.5. The third kappa shape index (κ3) is 4.13. The zero-order valence-corrected chi connectivity index (χ0v) is 6.14. The number of ether oxygens (including phenoxy) is 1. The maximum Gasteiger partial charge on any atom is 0.0579 e. The predicted molar refractivity (Wildman–Crippen MR) is 35.7 cm³/mol. The highest BCUT2D eigenvalue weighted by Crippen LogP contribution is 1.98. The Bertz CT molecular complexity index is 50.3. The fourth-order valence-electron chi connectivity index (χ4n) is 0.508. The molecule has 0 aromatic rings. The van der Waals surface area contributed by atoms with Crippen molar-refractivity contribution in [3.8, 4) is 0 Å². The summed E-state index contributed by atoms with van der Waals surface area (Å²) in [5, 5.41) is 0. The molecule has 0 rings (SSSR count). The molecule has 0 aliphatic rings. The molecule has 0 amide bonds. The average molecular weight is 115 g/mol. The van der Waals surface area contributed by atoms with Gasteiger partial charge in [0.05, 0.1) is 12.2 Å². The third-order valence-electron chi connectivity index (χ3n) is 0.956. The summed E-state index contributed by atoms with van der Waals surface area (Å²) in [5.41, 5.74) is 0. The molecule has 8 heavy (non-hydrogen) atoms. The van der Waals surface area contributed by atoms with Gasteiger partial charge >= 0.3 is 0 Å². The van der Waals surface area contributed by atoms with Crippen molar-refractivity contribution in [3.63, 3.8) is 0 Å². The molecular weight excluding hydrogens is 100 g/mol. The van der Waals surface area contributed by atoms with Gasteiger partial charge in [-0.05, 0) is 27.2 Å². The van der Waals surface area contributed by atoms with E-state index in [4.69, 9.17) is 4.74 Å². The first kappa shape index (κ1) is 7.96. The number of hydrogen-bond acceptors (Lipinski definition) is 1. The van der Waals surface area contributed by atoms with E-state index in [2.05, 4.69) is 0 Å². The van der Waals surface area contributed by atoms with Crippen LogP contribution in [-0.4, -0.2) is 12.2 Å². The standard InChI is InChI=1S/C7H15O/c1-5-7(4)8-6(2)3/h5-7H,1-4H3. The summed E-state index contributed by atoms with van der Waals surface area (Å²) in [5.74, 6) is 0. The van der Waals surface area contributed by atoms with Gasteiger partial charge in [-0.3, -0.25) is 0 Å². The second kappa shape index (κ2) is 3.90. The monoisotopic (exact) mass is 115 g/mol. The van der Waals surface area contributed by atoms with E-state index in [1.807, 2.05) is 34.1 Å². The van der Waals surface area contributed by atoms with Crippen LogP contribution < -0.4 is 0 Å². The lowest BCUT2D eigenvalue weighted by atomic mass is 10.3. The molecule has 49 valence electrons.